The standard InChI is InChI=1S/C17H16N4O3/c22-14-9-8-13(11-19-14)17(23)18-10-4-7-15-20-16(21-24-15)12-5-2-1-3-6-12/h1-3,5-6,8-9,11H,4,7,10H2,(H,18,23)(H,19,22). The first-order valence-corrected chi connectivity index (χ1v) is 7.57. The van der Waals surface area contributed by atoms with Crippen LogP contribution in [0.4, 0.5) is 0 Å². The Bertz CT molecular complexity index is 850. The highest BCUT2D eigenvalue weighted by atomic mass is 16.5. The number of aryl methyl sites for hydroxylation is 1. The van der Waals surface area contributed by atoms with Crippen LogP contribution < -0.4 is 10.9 Å². The minimum absolute atomic E-state index is 0.234. The molecule has 0 unspecified atom stereocenters. The molecule has 0 saturated carbocycles. The number of amides is 1. The van der Waals surface area contributed by atoms with Crippen LogP contribution >= 0.6 is 0 Å². The van der Waals surface area contributed by atoms with Crippen molar-refractivity contribution in [3.05, 3.63) is 70.5 Å². The van der Waals surface area contributed by atoms with Gasteiger partial charge in [0.25, 0.3) is 5.91 Å². The van der Waals surface area contributed by atoms with Gasteiger partial charge in [-0.1, -0.05) is 35.5 Å². The van der Waals surface area contributed by atoms with E-state index >= 15 is 0 Å². The van der Waals surface area contributed by atoms with E-state index < -0.39 is 0 Å². The molecule has 1 amide bonds. The van der Waals surface area contributed by atoms with Crippen LogP contribution in [0.5, 0.6) is 0 Å². The molecule has 0 saturated heterocycles. The highest BCUT2D eigenvalue weighted by Crippen LogP contribution is 2.15. The second-order valence-corrected chi connectivity index (χ2v) is 5.18. The maximum atomic E-state index is 11.9. The van der Waals surface area contributed by atoms with Gasteiger partial charge >= 0.3 is 0 Å². The number of nitrogens with zero attached hydrogens (tertiary/aromatic N) is 2. The minimum atomic E-state index is -0.239. The fraction of sp³-hybridized carbons (Fsp3) is 0.176. The Kier molecular flexibility index (Phi) is 4.81. The molecule has 122 valence electrons. The van der Waals surface area contributed by atoms with Crippen molar-refractivity contribution in [1.82, 2.24) is 20.4 Å². The summed E-state index contributed by atoms with van der Waals surface area (Å²) in [5.74, 6) is 0.858. The molecule has 3 aromatic rings. The Morgan fingerprint density at radius 1 is 1.17 bits per heavy atom. The van der Waals surface area contributed by atoms with Crippen LogP contribution in [-0.4, -0.2) is 27.6 Å². The van der Waals surface area contributed by atoms with Gasteiger partial charge in [0.1, 0.15) is 0 Å². The summed E-state index contributed by atoms with van der Waals surface area (Å²) in [5, 5.41) is 6.73. The molecule has 2 N–H and O–H groups in total. The van der Waals surface area contributed by atoms with Gasteiger partial charge in [0.05, 0.1) is 5.56 Å². The summed E-state index contributed by atoms with van der Waals surface area (Å²) in [7, 11) is 0. The molecule has 2 heterocycles. The molecule has 0 atom stereocenters. The van der Waals surface area contributed by atoms with Crippen LogP contribution in [0.1, 0.15) is 22.7 Å². The lowest BCUT2D eigenvalue weighted by Crippen LogP contribution is -2.25. The summed E-state index contributed by atoms with van der Waals surface area (Å²) in [6.45, 7) is 0.473. The third-order valence-corrected chi connectivity index (χ3v) is 3.40. The Balaban J connectivity index is 1.47. The highest BCUT2D eigenvalue weighted by molar-refractivity contribution is 5.93. The molecule has 0 aliphatic carbocycles. The summed E-state index contributed by atoms with van der Waals surface area (Å²) in [6, 6.07) is 12.4. The number of rotatable bonds is 6. The molecule has 7 heteroatoms. The molecule has 3 rings (SSSR count). The predicted octanol–water partition coefficient (Wildman–Crippen LogP) is 1.79. The summed E-state index contributed by atoms with van der Waals surface area (Å²) >= 11 is 0. The van der Waals surface area contributed by atoms with Gasteiger partial charge in [-0.3, -0.25) is 9.59 Å². The average Bonchev–Trinajstić information content (AvgIpc) is 3.09. The highest BCUT2D eigenvalue weighted by Gasteiger charge is 2.09. The van der Waals surface area contributed by atoms with E-state index in [0.717, 1.165) is 5.56 Å². The van der Waals surface area contributed by atoms with E-state index in [1.165, 1.54) is 18.3 Å². The predicted molar refractivity (Wildman–Crippen MR) is 87.5 cm³/mol. The van der Waals surface area contributed by atoms with Gasteiger partial charge < -0.3 is 14.8 Å². The van der Waals surface area contributed by atoms with E-state index in [1.807, 2.05) is 30.3 Å². The minimum Gasteiger partial charge on any atom is -0.352 e. The number of benzene rings is 1. The molecule has 0 aliphatic heterocycles. The number of hydrogen-bond acceptors (Lipinski definition) is 5. The van der Waals surface area contributed by atoms with Crippen molar-refractivity contribution in [2.75, 3.05) is 6.54 Å². The van der Waals surface area contributed by atoms with Gasteiger partial charge in [0.2, 0.25) is 17.3 Å². The normalized spacial score (nSPS) is 10.5. The van der Waals surface area contributed by atoms with Crippen molar-refractivity contribution >= 4 is 5.91 Å². The maximum Gasteiger partial charge on any atom is 0.252 e. The van der Waals surface area contributed by atoms with E-state index in [0.29, 0.717) is 36.7 Å². The van der Waals surface area contributed by atoms with Crippen LogP contribution in [0, 0.1) is 0 Å². The number of H-pyrrole nitrogens is 1. The largest absolute Gasteiger partial charge is 0.352 e. The maximum absolute atomic E-state index is 11.9. The molecule has 7 nitrogen and oxygen atoms in total. The number of nitrogens with one attached hydrogen (secondary N) is 2. The fourth-order valence-corrected chi connectivity index (χ4v) is 2.16. The van der Waals surface area contributed by atoms with E-state index in [2.05, 4.69) is 20.4 Å². The van der Waals surface area contributed by atoms with Gasteiger partial charge in [-0.05, 0) is 12.5 Å². The van der Waals surface area contributed by atoms with E-state index in [-0.39, 0.29) is 11.5 Å². The van der Waals surface area contributed by atoms with Gasteiger partial charge in [-0.25, -0.2) is 0 Å². The first-order valence-electron chi connectivity index (χ1n) is 7.57. The lowest BCUT2D eigenvalue weighted by atomic mass is 10.2. The van der Waals surface area contributed by atoms with Crippen LogP contribution in [0.3, 0.4) is 0 Å². The zero-order valence-electron chi connectivity index (χ0n) is 12.9. The Labute approximate surface area is 137 Å². The zero-order chi connectivity index (χ0) is 16.8. The van der Waals surface area contributed by atoms with Gasteiger partial charge in [0.15, 0.2) is 0 Å². The van der Waals surface area contributed by atoms with Crippen molar-refractivity contribution in [2.24, 2.45) is 0 Å². The smallest absolute Gasteiger partial charge is 0.252 e. The van der Waals surface area contributed by atoms with Crippen molar-refractivity contribution < 1.29 is 9.32 Å². The van der Waals surface area contributed by atoms with E-state index in [4.69, 9.17) is 4.52 Å². The van der Waals surface area contributed by atoms with Crippen molar-refractivity contribution in [3.8, 4) is 11.4 Å². The third kappa shape index (κ3) is 3.95. The van der Waals surface area contributed by atoms with Crippen molar-refractivity contribution in [3.63, 3.8) is 0 Å². The summed E-state index contributed by atoms with van der Waals surface area (Å²) < 4.78 is 5.21. The molecule has 0 radical (unpaired) electrons. The monoisotopic (exact) mass is 324 g/mol. The van der Waals surface area contributed by atoms with Crippen LogP contribution in [-0.2, 0) is 6.42 Å². The molecule has 0 fully saturated rings. The van der Waals surface area contributed by atoms with Crippen molar-refractivity contribution in [2.45, 2.75) is 12.8 Å². The average molecular weight is 324 g/mol. The first kappa shape index (κ1) is 15.7. The summed E-state index contributed by atoms with van der Waals surface area (Å²) in [6.07, 6.45) is 2.64. The molecular weight excluding hydrogens is 308 g/mol. The quantitative estimate of drug-likeness (QED) is 0.673. The van der Waals surface area contributed by atoms with E-state index in [9.17, 15) is 9.59 Å². The number of aromatic amines is 1. The number of aromatic nitrogens is 3. The molecule has 0 bridgehead atoms. The van der Waals surface area contributed by atoms with Gasteiger partial charge in [-0.15, -0.1) is 0 Å². The second kappa shape index (κ2) is 7.36. The molecule has 24 heavy (non-hydrogen) atoms. The molecule has 0 aliphatic rings. The fourth-order valence-electron chi connectivity index (χ4n) is 2.16. The molecular formula is C17H16N4O3. The third-order valence-electron chi connectivity index (χ3n) is 3.40. The zero-order valence-corrected chi connectivity index (χ0v) is 12.9. The van der Waals surface area contributed by atoms with Crippen molar-refractivity contribution in [1.29, 1.82) is 0 Å². The second-order valence-electron chi connectivity index (χ2n) is 5.18. The summed E-state index contributed by atoms with van der Waals surface area (Å²) in [5.41, 5.74) is 1.08. The number of pyridine rings is 1. The van der Waals surface area contributed by atoms with Crippen LogP contribution in [0.15, 0.2) is 58.0 Å². The Morgan fingerprint density at radius 2 is 2.00 bits per heavy atom. The molecule has 1 aromatic carbocycles. The number of carbonyl (C=O) groups excluding carboxylic acids is 1. The van der Waals surface area contributed by atoms with E-state index in [1.54, 1.807) is 0 Å². The lowest BCUT2D eigenvalue weighted by Gasteiger charge is -2.03. The number of hydrogen-bond donors (Lipinski definition) is 2. The van der Waals surface area contributed by atoms with Crippen LogP contribution in [0.25, 0.3) is 11.4 Å². The van der Waals surface area contributed by atoms with Gasteiger partial charge in [0, 0.05) is 30.8 Å². The Hall–Kier alpha value is -3.22. The number of carbonyl (C=O) groups is 1. The first-order chi connectivity index (χ1) is 11.7. The van der Waals surface area contributed by atoms with Crippen LogP contribution in [0.2, 0.25) is 0 Å². The topological polar surface area (TPSA) is 101 Å². The SMILES string of the molecule is O=C(NCCCc1nc(-c2ccccc2)no1)c1ccc(=O)[nH]c1. The molecule has 2 aromatic heterocycles. The molecule has 0 spiro atoms. The summed E-state index contributed by atoms with van der Waals surface area (Å²) in [4.78, 5) is 29.6. The Morgan fingerprint density at radius 3 is 2.75 bits per heavy atom. The van der Waals surface area contributed by atoms with Gasteiger partial charge in [-0.2, -0.15) is 4.98 Å². The lowest BCUT2D eigenvalue weighted by molar-refractivity contribution is 0.0952.